The molecule has 2 atom stereocenters. The Balaban J connectivity index is 1.82. The van der Waals surface area contributed by atoms with Crippen molar-refractivity contribution in [3.63, 3.8) is 0 Å². The summed E-state index contributed by atoms with van der Waals surface area (Å²) in [5, 5.41) is 11.6. The highest BCUT2D eigenvalue weighted by molar-refractivity contribution is 7.84. The van der Waals surface area contributed by atoms with Crippen LogP contribution in [0.15, 0.2) is 41.4 Å². The normalized spacial score (nSPS) is 17.2. The Hall–Kier alpha value is -1.69. The maximum Gasteiger partial charge on any atom is 0.137 e. The molecule has 2 N–H and O–H groups in total. The first-order valence-electron chi connectivity index (χ1n) is 9.77. The molecule has 4 nitrogen and oxygen atoms in total. The number of aromatic amines is 1. The molecule has 0 radical (unpaired) electrons. The average Bonchev–Trinajstić information content (AvgIpc) is 3.32. The SMILES string of the molecule is CS(=O)c1ccc(C(CC2CCCC2)c2[nH]c3ncccc3c2CO)cc1Cl. The number of aliphatic hydroxyl groups is 1. The number of nitrogens with one attached hydrogen (secondary N) is 1. The third-order valence-electron chi connectivity index (χ3n) is 5.93. The van der Waals surface area contributed by atoms with E-state index in [0.717, 1.165) is 34.3 Å². The van der Waals surface area contributed by atoms with Crippen LogP contribution in [0.4, 0.5) is 0 Å². The molecule has 2 heterocycles. The molecule has 0 bridgehead atoms. The van der Waals surface area contributed by atoms with Crippen LogP contribution >= 0.6 is 11.6 Å². The summed E-state index contributed by atoms with van der Waals surface area (Å²) in [6.07, 6.45) is 9.47. The van der Waals surface area contributed by atoms with Crippen molar-refractivity contribution in [3.8, 4) is 0 Å². The molecule has 1 fully saturated rings. The highest BCUT2D eigenvalue weighted by Gasteiger charge is 2.27. The molecule has 0 saturated heterocycles. The summed E-state index contributed by atoms with van der Waals surface area (Å²) in [5.41, 5.74) is 3.82. The van der Waals surface area contributed by atoms with Gasteiger partial charge in [0.1, 0.15) is 5.65 Å². The Labute approximate surface area is 172 Å². The van der Waals surface area contributed by atoms with Crippen LogP contribution in [0.25, 0.3) is 11.0 Å². The summed E-state index contributed by atoms with van der Waals surface area (Å²) < 4.78 is 11.9. The summed E-state index contributed by atoms with van der Waals surface area (Å²) in [5.74, 6) is 0.756. The van der Waals surface area contributed by atoms with Crippen LogP contribution < -0.4 is 0 Å². The minimum absolute atomic E-state index is 0.0347. The van der Waals surface area contributed by atoms with Crippen LogP contribution in [0.1, 0.15) is 54.8 Å². The molecule has 6 heteroatoms. The molecule has 0 spiro atoms. The zero-order valence-electron chi connectivity index (χ0n) is 16.0. The second kappa shape index (κ2) is 8.36. The van der Waals surface area contributed by atoms with E-state index in [-0.39, 0.29) is 12.5 Å². The van der Waals surface area contributed by atoms with Crippen molar-refractivity contribution in [2.24, 2.45) is 5.92 Å². The van der Waals surface area contributed by atoms with E-state index in [1.165, 1.54) is 25.7 Å². The van der Waals surface area contributed by atoms with Gasteiger partial charge in [0.2, 0.25) is 0 Å². The third kappa shape index (κ3) is 3.76. The molecule has 3 aromatic rings. The molecule has 1 saturated carbocycles. The van der Waals surface area contributed by atoms with Crippen molar-refractivity contribution in [2.45, 2.75) is 49.5 Å². The van der Waals surface area contributed by atoms with Crippen LogP contribution in [0.2, 0.25) is 5.02 Å². The molecular weight excluding hydrogens is 392 g/mol. The lowest BCUT2D eigenvalue weighted by Crippen LogP contribution is -2.10. The van der Waals surface area contributed by atoms with Crippen molar-refractivity contribution in [1.29, 1.82) is 0 Å². The van der Waals surface area contributed by atoms with Crippen molar-refractivity contribution >= 4 is 33.4 Å². The Bertz CT molecular complexity index is 1010. The second-order valence-electron chi connectivity index (χ2n) is 7.66. The van der Waals surface area contributed by atoms with Crippen LogP contribution in [0, 0.1) is 5.92 Å². The second-order valence-corrected chi connectivity index (χ2v) is 9.41. The van der Waals surface area contributed by atoms with Gasteiger partial charge in [-0.15, -0.1) is 0 Å². The minimum Gasteiger partial charge on any atom is -0.392 e. The van der Waals surface area contributed by atoms with Gasteiger partial charge in [0.15, 0.2) is 0 Å². The van der Waals surface area contributed by atoms with Gasteiger partial charge in [-0.05, 0) is 42.2 Å². The van der Waals surface area contributed by atoms with Crippen LogP contribution in [-0.4, -0.2) is 25.5 Å². The topological polar surface area (TPSA) is 66.0 Å². The number of benzene rings is 1. The molecule has 4 rings (SSSR count). The number of rotatable bonds is 6. The maximum absolute atomic E-state index is 11.9. The van der Waals surface area contributed by atoms with E-state index in [1.807, 2.05) is 30.3 Å². The Morgan fingerprint density at radius 2 is 2.11 bits per heavy atom. The highest BCUT2D eigenvalue weighted by atomic mass is 35.5. The monoisotopic (exact) mass is 416 g/mol. The van der Waals surface area contributed by atoms with Crippen LogP contribution in [0.3, 0.4) is 0 Å². The van der Waals surface area contributed by atoms with Crippen molar-refractivity contribution < 1.29 is 9.32 Å². The molecule has 2 aromatic heterocycles. The summed E-state index contributed by atoms with van der Waals surface area (Å²) in [6, 6.07) is 9.74. The number of hydrogen-bond donors (Lipinski definition) is 2. The van der Waals surface area contributed by atoms with Gasteiger partial charge >= 0.3 is 0 Å². The number of fused-ring (bicyclic) bond motifs is 1. The predicted molar refractivity (Wildman–Crippen MR) is 114 cm³/mol. The quantitative estimate of drug-likeness (QED) is 0.583. The fraction of sp³-hybridized carbons (Fsp3) is 0.409. The van der Waals surface area contributed by atoms with E-state index in [2.05, 4.69) is 9.97 Å². The van der Waals surface area contributed by atoms with Crippen molar-refractivity contribution in [2.75, 3.05) is 6.26 Å². The van der Waals surface area contributed by atoms with Crippen molar-refractivity contribution in [1.82, 2.24) is 9.97 Å². The van der Waals surface area contributed by atoms with Crippen LogP contribution in [0.5, 0.6) is 0 Å². The van der Waals surface area contributed by atoms with Crippen LogP contribution in [-0.2, 0) is 17.4 Å². The Kier molecular flexibility index (Phi) is 5.85. The smallest absolute Gasteiger partial charge is 0.137 e. The molecule has 0 aliphatic heterocycles. The lowest BCUT2D eigenvalue weighted by Gasteiger charge is -2.22. The zero-order valence-corrected chi connectivity index (χ0v) is 17.5. The third-order valence-corrected chi connectivity index (χ3v) is 7.33. The standard InChI is InChI=1S/C22H25ClN2O2S/c1-28(27)20-9-8-15(12-19(20)23)17(11-14-5-2-3-6-14)21-18(13-26)16-7-4-10-24-22(16)25-21/h4,7-10,12,14,17,26H,2-3,5-6,11,13H2,1H3,(H,24,25). The lowest BCUT2D eigenvalue weighted by molar-refractivity contribution is 0.281. The molecule has 148 valence electrons. The van der Waals surface area contributed by atoms with E-state index in [0.29, 0.717) is 15.8 Å². The molecule has 0 amide bonds. The number of pyridine rings is 1. The minimum atomic E-state index is -1.12. The number of H-pyrrole nitrogens is 1. The summed E-state index contributed by atoms with van der Waals surface area (Å²) in [6.45, 7) is -0.0347. The summed E-state index contributed by atoms with van der Waals surface area (Å²) >= 11 is 6.46. The zero-order chi connectivity index (χ0) is 19.7. The average molecular weight is 417 g/mol. The summed E-state index contributed by atoms with van der Waals surface area (Å²) in [7, 11) is -1.12. The van der Waals surface area contributed by atoms with E-state index in [4.69, 9.17) is 11.6 Å². The first-order chi connectivity index (χ1) is 13.6. The predicted octanol–water partition coefficient (Wildman–Crippen LogP) is 5.16. The van der Waals surface area contributed by atoms with Gasteiger partial charge in [0, 0.05) is 35.0 Å². The molecule has 1 aliphatic rings. The lowest BCUT2D eigenvalue weighted by atomic mass is 9.84. The highest BCUT2D eigenvalue weighted by Crippen LogP contribution is 2.41. The van der Waals surface area contributed by atoms with Gasteiger partial charge in [0.25, 0.3) is 0 Å². The van der Waals surface area contributed by atoms with Gasteiger partial charge in [-0.2, -0.15) is 0 Å². The number of halogens is 1. The van der Waals surface area contributed by atoms with Gasteiger partial charge in [-0.25, -0.2) is 4.98 Å². The number of aliphatic hydroxyl groups excluding tert-OH is 1. The Morgan fingerprint density at radius 3 is 2.79 bits per heavy atom. The molecule has 28 heavy (non-hydrogen) atoms. The first kappa shape index (κ1) is 19.6. The number of hydrogen-bond acceptors (Lipinski definition) is 3. The molecule has 1 aromatic carbocycles. The molecule has 1 aliphatic carbocycles. The molecule has 2 unspecified atom stereocenters. The number of nitrogens with zero attached hydrogens (tertiary/aromatic N) is 1. The van der Waals surface area contributed by atoms with E-state index in [1.54, 1.807) is 12.5 Å². The van der Waals surface area contributed by atoms with Gasteiger partial charge in [-0.1, -0.05) is 43.4 Å². The Morgan fingerprint density at radius 1 is 1.32 bits per heavy atom. The summed E-state index contributed by atoms with van der Waals surface area (Å²) in [4.78, 5) is 8.57. The van der Waals surface area contributed by atoms with Gasteiger partial charge in [0.05, 0.1) is 27.3 Å². The number of aromatic nitrogens is 2. The maximum atomic E-state index is 11.9. The fourth-order valence-corrected chi connectivity index (χ4v) is 5.64. The first-order valence-corrected chi connectivity index (χ1v) is 11.7. The van der Waals surface area contributed by atoms with Gasteiger partial charge < -0.3 is 10.1 Å². The largest absolute Gasteiger partial charge is 0.392 e. The van der Waals surface area contributed by atoms with Crippen molar-refractivity contribution in [3.05, 3.63) is 58.4 Å². The van der Waals surface area contributed by atoms with E-state index in [9.17, 15) is 9.32 Å². The fourth-order valence-electron chi connectivity index (χ4n) is 4.53. The van der Waals surface area contributed by atoms with E-state index < -0.39 is 10.8 Å². The molecular formula is C22H25ClN2O2S. The van der Waals surface area contributed by atoms with Gasteiger partial charge in [-0.3, -0.25) is 4.21 Å². The van der Waals surface area contributed by atoms with E-state index >= 15 is 0 Å².